The molecule has 2 fully saturated rings. The standard InChI is InChI=1S/C28H37N3O3S/c1-5-15-28(25(33)31(26(34)29-28)18-14-23-7-6-19-35-23)22-12-16-30(17-13-22)24(32)20-8-10-21(11-9-20)27(2,3)4/h6-11,19,22H,5,12-18H2,1-4H3,(H,29,34). The first-order valence-corrected chi connectivity index (χ1v) is 13.6. The molecule has 0 radical (unpaired) electrons. The molecule has 2 saturated heterocycles. The number of piperidine rings is 1. The Morgan fingerprint density at radius 3 is 2.37 bits per heavy atom. The van der Waals surface area contributed by atoms with Gasteiger partial charge in [-0.2, -0.15) is 0 Å². The van der Waals surface area contributed by atoms with E-state index in [9.17, 15) is 14.4 Å². The molecule has 1 aromatic carbocycles. The van der Waals surface area contributed by atoms with Crippen molar-refractivity contribution in [3.63, 3.8) is 0 Å². The van der Waals surface area contributed by atoms with Crippen LogP contribution in [0.25, 0.3) is 0 Å². The largest absolute Gasteiger partial charge is 0.339 e. The van der Waals surface area contributed by atoms with Crippen molar-refractivity contribution in [1.82, 2.24) is 15.1 Å². The number of nitrogens with zero attached hydrogens (tertiary/aromatic N) is 2. The lowest BCUT2D eigenvalue weighted by Gasteiger charge is -2.41. The van der Waals surface area contributed by atoms with Crippen LogP contribution in [-0.2, 0) is 16.6 Å². The summed E-state index contributed by atoms with van der Waals surface area (Å²) in [4.78, 5) is 44.1. The van der Waals surface area contributed by atoms with Crippen LogP contribution in [0.15, 0.2) is 41.8 Å². The van der Waals surface area contributed by atoms with Gasteiger partial charge in [-0.1, -0.05) is 52.3 Å². The highest BCUT2D eigenvalue weighted by molar-refractivity contribution is 7.09. The third-order valence-electron chi connectivity index (χ3n) is 7.49. The monoisotopic (exact) mass is 495 g/mol. The molecule has 0 bridgehead atoms. The number of imide groups is 1. The SMILES string of the molecule is CCCC1(C2CCN(C(=O)c3ccc(C(C)(C)C)cc3)CC2)NC(=O)N(CCc2cccs2)C1=O. The van der Waals surface area contributed by atoms with Crippen molar-refractivity contribution in [1.29, 1.82) is 0 Å². The fourth-order valence-corrected chi connectivity index (χ4v) is 6.14. The summed E-state index contributed by atoms with van der Waals surface area (Å²) >= 11 is 1.64. The molecule has 1 unspecified atom stereocenters. The van der Waals surface area contributed by atoms with Crippen molar-refractivity contribution >= 4 is 29.2 Å². The van der Waals surface area contributed by atoms with Gasteiger partial charge in [-0.05, 0) is 66.2 Å². The van der Waals surface area contributed by atoms with Gasteiger partial charge < -0.3 is 10.2 Å². The van der Waals surface area contributed by atoms with Crippen LogP contribution in [0.3, 0.4) is 0 Å². The van der Waals surface area contributed by atoms with Gasteiger partial charge in [0.05, 0.1) is 0 Å². The van der Waals surface area contributed by atoms with E-state index in [1.165, 1.54) is 15.3 Å². The number of likely N-dealkylation sites (tertiary alicyclic amines) is 1. The Bertz CT molecular complexity index is 1050. The van der Waals surface area contributed by atoms with Gasteiger partial charge in [-0.3, -0.25) is 14.5 Å². The molecule has 2 aliphatic rings. The van der Waals surface area contributed by atoms with Crippen LogP contribution >= 0.6 is 11.3 Å². The maximum Gasteiger partial charge on any atom is 0.325 e. The van der Waals surface area contributed by atoms with Gasteiger partial charge in [-0.15, -0.1) is 11.3 Å². The van der Waals surface area contributed by atoms with Crippen LogP contribution in [0.5, 0.6) is 0 Å². The zero-order valence-corrected chi connectivity index (χ0v) is 22.1. The van der Waals surface area contributed by atoms with Gasteiger partial charge in [0.25, 0.3) is 11.8 Å². The van der Waals surface area contributed by atoms with E-state index >= 15 is 0 Å². The summed E-state index contributed by atoms with van der Waals surface area (Å²) in [5.41, 5.74) is 1.09. The molecule has 6 nitrogen and oxygen atoms in total. The number of rotatable bonds is 7. The molecular formula is C28H37N3O3S. The molecule has 0 aliphatic carbocycles. The van der Waals surface area contributed by atoms with Crippen LogP contribution in [-0.4, -0.2) is 52.8 Å². The molecule has 188 valence electrons. The van der Waals surface area contributed by atoms with Gasteiger partial charge >= 0.3 is 6.03 Å². The first kappa shape index (κ1) is 25.4. The summed E-state index contributed by atoms with van der Waals surface area (Å²) in [6.07, 6.45) is 3.52. The third kappa shape index (κ3) is 5.15. The molecule has 3 heterocycles. The number of carbonyl (C=O) groups excluding carboxylic acids is 3. The Balaban J connectivity index is 1.42. The molecule has 1 atom stereocenters. The maximum absolute atomic E-state index is 13.6. The number of hydrogen-bond donors (Lipinski definition) is 1. The molecular weight excluding hydrogens is 458 g/mol. The van der Waals surface area contributed by atoms with E-state index in [1.54, 1.807) is 11.3 Å². The number of amides is 4. The van der Waals surface area contributed by atoms with E-state index in [4.69, 9.17) is 0 Å². The molecule has 0 spiro atoms. The highest BCUT2D eigenvalue weighted by atomic mass is 32.1. The smallest absolute Gasteiger partial charge is 0.325 e. The highest BCUT2D eigenvalue weighted by Gasteiger charge is 2.55. The second-order valence-corrected chi connectivity index (χ2v) is 11.9. The summed E-state index contributed by atoms with van der Waals surface area (Å²) in [6, 6.07) is 11.6. The Hall–Kier alpha value is -2.67. The second-order valence-electron chi connectivity index (χ2n) is 10.8. The lowest BCUT2D eigenvalue weighted by Crippen LogP contribution is -2.56. The van der Waals surface area contributed by atoms with Crippen molar-refractivity contribution in [2.75, 3.05) is 19.6 Å². The summed E-state index contributed by atoms with van der Waals surface area (Å²) in [6.45, 7) is 10.1. The van der Waals surface area contributed by atoms with Crippen molar-refractivity contribution in [2.45, 2.75) is 70.8 Å². The highest BCUT2D eigenvalue weighted by Crippen LogP contribution is 2.37. The molecule has 7 heteroatoms. The second kappa shape index (κ2) is 10.1. The fraction of sp³-hybridized carbons (Fsp3) is 0.536. The van der Waals surface area contributed by atoms with Crippen molar-refractivity contribution in [3.05, 3.63) is 57.8 Å². The minimum Gasteiger partial charge on any atom is -0.339 e. The molecule has 1 N–H and O–H groups in total. The van der Waals surface area contributed by atoms with E-state index in [0.717, 1.165) is 6.42 Å². The van der Waals surface area contributed by atoms with E-state index in [2.05, 4.69) is 33.0 Å². The van der Waals surface area contributed by atoms with Gasteiger partial charge in [0.2, 0.25) is 0 Å². The van der Waals surface area contributed by atoms with Crippen molar-refractivity contribution in [2.24, 2.45) is 5.92 Å². The third-order valence-corrected chi connectivity index (χ3v) is 8.42. The van der Waals surface area contributed by atoms with Crippen LogP contribution in [0, 0.1) is 5.92 Å². The Labute approximate surface area is 212 Å². The van der Waals surface area contributed by atoms with Crippen molar-refractivity contribution < 1.29 is 14.4 Å². The lowest BCUT2D eigenvalue weighted by molar-refractivity contribution is -0.134. The summed E-state index contributed by atoms with van der Waals surface area (Å²) in [5.74, 6) is -0.0331. The number of hydrogen-bond acceptors (Lipinski definition) is 4. The van der Waals surface area contributed by atoms with Gasteiger partial charge in [0.15, 0.2) is 0 Å². The first-order valence-electron chi connectivity index (χ1n) is 12.7. The Morgan fingerprint density at radius 1 is 1.11 bits per heavy atom. The average Bonchev–Trinajstić information content (AvgIpc) is 3.44. The first-order chi connectivity index (χ1) is 16.7. The Morgan fingerprint density at radius 2 is 1.80 bits per heavy atom. The number of carbonyl (C=O) groups is 3. The minimum atomic E-state index is -0.856. The van der Waals surface area contributed by atoms with E-state index in [1.807, 2.05) is 46.7 Å². The molecule has 1 aromatic heterocycles. The predicted octanol–water partition coefficient (Wildman–Crippen LogP) is 5.23. The molecule has 35 heavy (non-hydrogen) atoms. The van der Waals surface area contributed by atoms with Gasteiger partial charge in [-0.25, -0.2) is 4.79 Å². The van der Waals surface area contributed by atoms with Crippen LogP contribution in [0.2, 0.25) is 0 Å². The number of urea groups is 1. The summed E-state index contributed by atoms with van der Waals surface area (Å²) < 4.78 is 0. The predicted molar refractivity (Wildman–Crippen MR) is 140 cm³/mol. The topological polar surface area (TPSA) is 69.7 Å². The van der Waals surface area contributed by atoms with Gasteiger partial charge in [0, 0.05) is 30.1 Å². The zero-order valence-electron chi connectivity index (χ0n) is 21.3. The quantitative estimate of drug-likeness (QED) is 0.535. The van der Waals surface area contributed by atoms with Gasteiger partial charge in [0.1, 0.15) is 5.54 Å². The van der Waals surface area contributed by atoms with Crippen LogP contribution in [0.4, 0.5) is 4.79 Å². The molecule has 4 rings (SSSR count). The average molecular weight is 496 g/mol. The maximum atomic E-state index is 13.6. The van der Waals surface area contributed by atoms with E-state index in [0.29, 0.717) is 50.9 Å². The van der Waals surface area contributed by atoms with Crippen molar-refractivity contribution in [3.8, 4) is 0 Å². The normalized spacial score (nSPS) is 21.5. The minimum absolute atomic E-state index is 0.0259. The summed E-state index contributed by atoms with van der Waals surface area (Å²) in [7, 11) is 0. The summed E-state index contributed by atoms with van der Waals surface area (Å²) in [5, 5.41) is 5.11. The van der Waals surface area contributed by atoms with E-state index < -0.39 is 5.54 Å². The number of thiophene rings is 1. The zero-order chi connectivity index (χ0) is 25.2. The number of benzene rings is 1. The molecule has 2 aromatic rings. The number of nitrogens with one attached hydrogen (secondary N) is 1. The molecule has 4 amide bonds. The Kier molecular flexibility index (Phi) is 7.36. The lowest BCUT2D eigenvalue weighted by atomic mass is 9.74. The fourth-order valence-electron chi connectivity index (χ4n) is 5.44. The molecule has 2 aliphatic heterocycles. The van der Waals surface area contributed by atoms with Crippen LogP contribution in [0.1, 0.15) is 74.2 Å². The van der Waals surface area contributed by atoms with Crippen LogP contribution < -0.4 is 5.32 Å². The van der Waals surface area contributed by atoms with E-state index in [-0.39, 0.29) is 29.2 Å². The molecule has 0 saturated carbocycles.